The van der Waals surface area contributed by atoms with Crippen LogP contribution in [0.1, 0.15) is 22.3 Å². The van der Waals surface area contributed by atoms with Crippen LogP contribution in [0.4, 0.5) is 11.4 Å². The van der Waals surface area contributed by atoms with Gasteiger partial charge in [0.05, 0.1) is 11.4 Å². The molecule has 0 aliphatic heterocycles. The molecule has 2 nitrogen and oxygen atoms in total. The normalized spacial score (nSPS) is 11.7. The van der Waals surface area contributed by atoms with Crippen molar-refractivity contribution in [2.24, 2.45) is 9.98 Å². The van der Waals surface area contributed by atoms with Gasteiger partial charge in [-0.15, -0.1) is 0 Å². The lowest BCUT2D eigenvalue weighted by Crippen LogP contribution is -1.86. The van der Waals surface area contributed by atoms with Gasteiger partial charge in [0.25, 0.3) is 0 Å². The Morgan fingerprint density at radius 1 is 0.447 bits per heavy atom. The van der Waals surface area contributed by atoms with E-state index in [1.165, 1.54) is 32.7 Å². The van der Waals surface area contributed by atoms with Crippen molar-refractivity contribution in [3.8, 4) is 11.1 Å². The van der Waals surface area contributed by atoms with E-state index < -0.39 is 0 Å². The summed E-state index contributed by atoms with van der Waals surface area (Å²) in [4.78, 5) is 9.65. The third-order valence-corrected chi connectivity index (χ3v) is 7.06. The van der Waals surface area contributed by atoms with Gasteiger partial charge in [0.15, 0.2) is 0 Å². The average Bonchev–Trinajstić information content (AvgIpc) is 2.96. The molecular weight excluding hydrogens is 460 g/mol. The fourth-order valence-corrected chi connectivity index (χ4v) is 4.96. The fraction of sp³-hybridized carbons (Fsp3) is 0.0556. The lowest BCUT2D eigenvalue weighted by atomic mass is 10.00. The van der Waals surface area contributed by atoms with E-state index >= 15 is 0 Å². The summed E-state index contributed by atoms with van der Waals surface area (Å²) in [7, 11) is 0. The van der Waals surface area contributed by atoms with Gasteiger partial charge in [-0.2, -0.15) is 0 Å². The van der Waals surface area contributed by atoms with Gasteiger partial charge in [-0.25, -0.2) is 0 Å². The molecule has 2 heteroatoms. The molecule has 6 rings (SSSR count). The van der Waals surface area contributed by atoms with Crippen LogP contribution in [-0.2, 0) is 0 Å². The zero-order chi connectivity index (χ0) is 25.9. The zero-order valence-electron chi connectivity index (χ0n) is 21.6. The predicted molar refractivity (Wildman–Crippen MR) is 164 cm³/mol. The molecule has 6 aromatic carbocycles. The number of hydrogen-bond donors (Lipinski definition) is 0. The molecule has 0 spiro atoms. The summed E-state index contributed by atoms with van der Waals surface area (Å²) in [6.07, 6.45) is 3.94. The van der Waals surface area contributed by atoms with Crippen molar-refractivity contribution in [3.63, 3.8) is 0 Å². The van der Waals surface area contributed by atoms with Crippen molar-refractivity contribution in [3.05, 3.63) is 144 Å². The third kappa shape index (κ3) is 4.77. The second kappa shape index (κ2) is 10.3. The van der Waals surface area contributed by atoms with Crippen LogP contribution in [0.15, 0.2) is 131 Å². The molecule has 0 N–H and O–H groups in total. The molecule has 0 unspecified atom stereocenters. The topological polar surface area (TPSA) is 24.7 Å². The van der Waals surface area contributed by atoms with E-state index in [2.05, 4.69) is 135 Å². The van der Waals surface area contributed by atoms with E-state index in [0.717, 1.165) is 33.6 Å². The maximum absolute atomic E-state index is 4.82. The molecule has 182 valence electrons. The summed E-state index contributed by atoms with van der Waals surface area (Å²) in [5.74, 6) is 0. The quantitative estimate of drug-likeness (QED) is 0.216. The fourth-order valence-electron chi connectivity index (χ4n) is 4.96. The maximum Gasteiger partial charge on any atom is 0.0659 e. The molecule has 0 saturated carbocycles. The first-order valence-corrected chi connectivity index (χ1v) is 12.9. The Morgan fingerprint density at radius 3 is 1.32 bits per heavy atom. The number of aliphatic imine (C=N–C) groups is 2. The first-order chi connectivity index (χ1) is 18.7. The number of rotatable bonds is 5. The molecule has 0 heterocycles. The molecule has 0 fully saturated rings. The van der Waals surface area contributed by atoms with E-state index in [0.29, 0.717) is 0 Å². The Hall–Kier alpha value is -4.82. The van der Waals surface area contributed by atoms with Gasteiger partial charge in [0.2, 0.25) is 0 Å². The summed E-state index contributed by atoms with van der Waals surface area (Å²) >= 11 is 0. The Bertz CT molecular complexity index is 1700. The van der Waals surface area contributed by atoms with E-state index in [1.807, 2.05) is 12.4 Å². The van der Waals surface area contributed by atoms with E-state index in [4.69, 9.17) is 9.98 Å². The van der Waals surface area contributed by atoms with Crippen molar-refractivity contribution >= 4 is 45.3 Å². The lowest BCUT2D eigenvalue weighted by Gasteiger charge is -2.09. The van der Waals surface area contributed by atoms with Gasteiger partial charge in [-0.3, -0.25) is 9.98 Å². The number of fused-ring (bicyclic) bond motifs is 2. The Balaban J connectivity index is 1.24. The average molecular weight is 489 g/mol. The van der Waals surface area contributed by atoms with Crippen molar-refractivity contribution in [1.29, 1.82) is 0 Å². The van der Waals surface area contributed by atoms with Gasteiger partial charge in [0.1, 0.15) is 0 Å². The first-order valence-electron chi connectivity index (χ1n) is 12.9. The van der Waals surface area contributed by atoms with Crippen molar-refractivity contribution in [1.82, 2.24) is 0 Å². The van der Waals surface area contributed by atoms with Gasteiger partial charge < -0.3 is 0 Å². The predicted octanol–water partition coefficient (Wildman–Crippen LogP) is 9.78. The van der Waals surface area contributed by atoms with E-state index in [-0.39, 0.29) is 0 Å². The molecule has 0 amide bonds. The molecular formula is C36H28N2. The van der Waals surface area contributed by atoms with Crippen molar-refractivity contribution < 1.29 is 0 Å². The molecule has 0 saturated heterocycles. The summed E-state index contributed by atoms with van der Waals surface area (Å²) in [6.45, 7) is 4.24. The molecule has 0 radical (unpaired) electrons. The summed E-state index contributed by atoms with van der Waals surface area (Å²) in [5, 5.41) is 4.88. The SMILES string of the molecule is Cc1cc(-c2ccc(N=Cc3cccc4ccccc34)c(C)c2)ccc1N=Cc1cccc2ccccc12. The molecule has 0 bridgehead atoms. The van der Waals surface area contributed by atoms with Crippen LogP contribution in [0.25, 0.3) is 32.7 Å². The van der Waals surface area contributed by atoms with Crippen LogP contribution in [-0.4, -0.2) is 12.4 Å². The standard InChI is InChI=1S/C36H28N2/c1-25-21-29(17-19-35(25)37-23-31-13-7-11-27-9-3-5-15-33(27)31)30-18-20-36(26(2)22-30)38-24-32-14-8-12-28-10-4-6-16-34(28)32/h3-24H,1-2H3. The smallest absolute Gasteiger partial charge is 0.0659 e. The molecule has 0 aliphatic carbocycles. The van der Waals surface area contributed by atoms with Gasteiger partial charge in [-0.1, -0.05) is 97.1 Å². The van der Waals surface area contributed by atoms with Crippen LogP contribution in [0, 0.1) is 13.8 Å². The second-order valence-corrected chi connectivity index (χ2v) is 9.66. The summed E-state index contributed by atoms with van der Waals surface area (Å²) in [6, 6.07) is 42.4. The molecule has 0 aliphatic rings. The highest BCUT2D eigenvalue weighted by atomic mass is 14.7. The Kier molecular flexibility index (Phi) is 6.37. The number of nitrogens with zero attached hydrogens (tertiary/aromatic N) is 2. The minimum absolute atomic E-state index is 0.981. The van der Waals surface area contributed by atoms with Gasteiger partial charge in [0, 0.05) is 23.6 Å². The highest BCUT2D eigenvalue weighted by Crippen LogP contribution is 2.30. The number of benzene rings is 6. The number of hydrogen-bond acceptors (Lipinski definition) is 2. The first kappa shape index (κ1) is 23.6. The second-order valence-electron chi connectivity index (χ2n) is 9.66. The highest BCUT2D eigenvalue weighted by molar-refractivity contribution is 6.01. The summed E-state index contributed by atoms with van der Waals surface area (Å²) < 4.78 is 0. The maximum atomic E-state index is 4.82. The molecule has 0 aromatic heterocycles. The third-order valence-electron chi connectivity index (χ3n) is 7.06. The largest absolute Gasteiger partial charge is 0.256 e. The minimum Gasteiger partial charge on any atom is -0.256 e. The summed E-state index contributed by atoms with van der Waals surface area (Å²) in [5.41, 5.74) is 8.87. The van der Waals surface area contributed by atoms with Crippen LogP contribution in [0.2, 0.25) is 0 Å². The van der Waals surface area contributed by atoms with Crippen LogP contribution in [0.5, 0.6) is 0 Å². The number of aryl methyl sites for hydroxylation is 2. The van der Waals surface area contributed by atoms with Crippen molar-refractivity contribution in [2.45, 2.75) is 13.8 Å². The van der Waals surface area contributed by atoms with Crippen LogP contribution in [0.3, 0.4) is 0 Å². The van der Waals surface area contributed by atoms with Crippen LogP contribution >= 0.6 is 0 Å². The molecule has 6 aromatic rings. The van der Waals surface area contributed by atoms with E-state index in [9.17, 15) is 0 Å². The molecule has 0 atom stereocenters. The zero-order valence-corrected chi connectivity index (χ0v) is 21.6. The van der Waals surface area contributed by atoms with Gasteiger partial charge in [-0.05, 0) is 81.9 Å². The Labute approximate surface area is 223 Å². The van der Waals surface area contributed by atoms with Crippen molar-refractivity contribution in [2.75, 3.05) is 0 Å². The van der Waals surface area contributed by atoms with Crippen LogP contribution < -0.4 is 0 Å². The highest BCUT2D eigenvalue weighted by Gasteiger charge is 2.05. The van der Waals surface area contributed by atoms with Gasteiger partial charge >= 0.3 is 0 Å². The Morgan fingerprint density at radius 2 is 0.868 bits per heavy atom. The lowest BCUT2D eigenvalue weighted by molar-refractivity contribution is 1.38. The minimum atomic E-state index is 0.981. The van der Waals surface area contributed by atoms with E-state index in [1.54, 1.807) is 0 Å². The molecule has 38 heavy (non-hydrogen) atoms. The monoisotopic (exact) mass is 488 g/mol.